The summed E-state index contributed by atoms with van der Waals surface area (Å²) >= 11 is 0. The number of hydrogen-bond acceptors (Lipinski definition) is 8. The van der Waals surface area contributed by atoms with Crippen LogP contribution >= 0.6 is 0 Å². The minimum Gasteiger partial charge on any atom is -0.448 e. The lowest BCUT2D eigenvalue weighted by molar-refractivity contribution is 0.313. The maximum atomic E-state index is 14.5. The second-order valence-corrected chi connectivity index (χ2v) is 11.4. The van der Waals surface area contributed by atoms with Gasteiger partial charge in [0.25, 0.3) is 5.56 Å². The number of anilines is 3. The average molecular weight is 617 g/mol. The lowest BCUT2D eigenvalue weighted by Gasteiger charge is -2.34. The molecule has 1 saturated heterocycles. The van der Waals surface area contributed by atoms with E-state index in [-0.39, 0.29) is 18.0 Å². The number of aryl methyl sites for hydroxylation is 1. The Kier molecular flexibility index (Phi) is 7.90. The molecule has 232 valence electrons. The van der Waals surface area contributed by atoms with Crippen LogP contribution < -0.4 is 20.5 Å². The fraction of sp³-hybridized carbons (Fsp3) is 0.200. The molecule has 6 aromatic rings. The summed E-state index contributed by atoms with van der Waals surface area (Å²) in [5.41, 5.74) is 4.77. The van der Waals surface area contributed by atoms with Crippen LogP contribution in [0.5, 0.6) is 11.5 Å². The van der Waals surface area contributed by atoms with E-state index in [1.54, 1.807) is 41.4 Å². The number of halogens is 1. The van der Waals surface area contributed by atoms with Gasteiger partial charge in [-0.3, -0.25) is 14.3 Å². The van der Waals surface area contributed by atoms with Crippen LogP contribution in [0.15, 0.2) is 102 Å². The first-order valence-electron chi connectivity index (χ1n) is 15.1. The van der Waals surface area contributed by atoms with Crippen LogP contribution in [0.4, 0.5) is 21.7 Å². The van der Waals surface area contributed by atoms with Crippen molar-refractivity contribution in [3.63, 3.8) is 0 Å². The number of fused-ring (bicyclic) bond motifs is 1. The minimum atomic E-state index is -0.564. The highest BCUT2D eigenvalue weighted by Gasteiger charge is 2.19. The molecule has 4 aromatic heterocycles. The van der Waals surface area contributed by atoms with Crippen molar-refractivity contribution >= 4 is 28.4 Å². The Labute approximate surface area is 265 Å². The first kappa shape index (κ1) is 29.2. The summed E-state index contributed by atoms with van der Waals surface area (Å²) in [4.78, 5) is 32.2. The molecular weight excluding hydrogens is 583 g/mol. The fourth-order valence-electron chi connectivity index (χ4n) is 5.79. The SMILES string of the molecule is CN1CCN(c2ccc(Nc3ncc4cc(Oc5ccccc5F)c(=O)n(Cc5ccn(C)c5-c5ccncc5)c4n3)cc2)CC1. The van der Waals surface area contributed by atoms with Crippen LogP contribution in [-0.4, -0.2) is 62.2 Å². The van der Waals surface area contributed by atoms with E-state index in [0.717, 1.165) is 48.7 Å². The number of piperazine rings is 1. The van der Waals surface area contributed by atoms with Gasteiger partial charge < -0.3 is 24.4 Å². The van der Waals surface area contributed by atoms with Crippen LogP contribution in [0.1, 0.15) is 5.56 Å². The summed E-state index contributed by atoms with van der Waals surface area (Å²) in [6.45, 7) is 4.24. The molecule has 1 aliphatic rings. The Balaban J connectivity index is 1.26. The Morgan fingerprint density at radius 2 is 1.67 bits per heavy atom. The van der Waals surface area contributed by atoms with Crippen molar-refractivity contribution < 1.29 is 9.13 Å². The minimum absolute atomic E-state index is 0.0252. The summed E-state index contributed by atoms with van der Waals surface area (Å²) < 4.78 is 23.9. The zero-order chi connectivity index (χ0) is 31.6. The van der Waals surface area contributed by atoms with E-state index in [9.17, 15) is 9.18 Å². The van der Waals surface area contributed by atoms with E-state index in [2.05, 4.69) is 44.3 Å². The maximum Gasteiger partial charge on any atom is 0.295 e. The predicted molar refractivity (Wildman–Crippen MR) is 177 cm³/mol. The molecule has 11 heteroatoms. The molecular formula is C35H33FN8O2. The number of pyridine rings is 2. The molecule has 0 radical (unpaired) electrons. The van der Waals surface area contributed by atoms with Gasteiger partial charge in [-0.2, -0.15) is 4.98 Å². The smallest absolute Gasteiger partial charge is 0.295 e. The fourth-order valence-corrected chi connectivity index (χ4v) is 5.79. The Morgan fingerprint density at radius 3 is 2.43 bits per heavy atom. The first-order valence-corrected chi connectivity index (χ1v) is 15.1. The van der Waals surface area contributed by atoms with Gasteiger partial charge in [0.05, 0.1) is 12.2 Å². The lowest BCUT2D eigenvalue weighted by atomic mass is 10.1. The lowest BCUT2D eigenvalue weighted by Crippen LogP contribution is -2.44. The van der Waals surface area contributed by atoms with Crippen LogP contribution in [0.2, 0.25) is 0 Å². The van der Waals surface area contributed by atoms with Crippen molar-refractivity contribution in [2.24, 2.45) is 7.05 Å². The Morgan fingerprint density at radius 1 is 0.913 bits per heavy atom. The third-order valence-electron chi connectivity index (χ3n) is 8.28. The molecule has 2 aromatic carbocycles. The molecule has 7 rings (SSSR count). The molecule has 1 N–H and O–H groups in total. The van der Waals surface area contributed by atoms with E-state index >= 15 is 0 Å². The standard InChI is InChI=1S/C35H33FN8O2/c1-41-17-19-43(20-18-41)28-9-7-27(8-10-28)39-35-38-22-26-21-31(46-30-6-4-3-5-29(30)36)34(45)44(33(26)40-35)23-25-13-16-42(2)32(25)24-11-14-37-15-12-24/h3-16,21-22H,17-20,23H2,1-2H3,(H,38,39,40). The summed E-state index contributed by atoms with van der Waals surface area (Å²) in [5.74, 6) is -0.283. The summed E-state index contributed by atoms with van der Waals surface area (Å²) in [6.07, 6.45) is 7.06. The van der Waals surface area contributed by atoms with E-state index < -0.39 is 11.4 Å². The zero-order valence-corrected chi connectivity index (χ0v) is 25.6. The molecule has 0 spiro atoms. The van der Waals surface area contributed by atoms with Crippen molar-refractivity contribution in [2.45, 2.75) is 6.54 Å². The molecule has 5 heterocycles. The Bertz CT molecular complexity index is 2050. The number of benzene rings is 2. The number of para-hydroxylation sites is 1. The van der Waals surface area contributed by atoms with Gasteiger partial charge in [-0.05, 0) is 73.3 Å². The molecule has 1 aliphatic heterocycles. The number of nitrogens with zero attached hydrogens (tertiary/aromatic N) is 7. The van der Waals surface area contributed by atoms with Crippen LogP contribution in [0.25, 0.3) is 22.3 Å². The number of likely N-dealkylation sites (N-methyl/N-ethyl adjacent to an activating group) is 1. The monoisotopic (exact) mass is 616 g/mol. The zero-order valence-electron chi connectivity index (χ0n) is 25.6. The molecule has 1 fully saturated rings. The third-order valence-corrected chi connectivity index (χ3v) is 8.28. The van der Waals surface area contributed by atoms with Crippen molar-refractivity contribution in [3.8, 4) is 22.8 Å². The maximum absolute atomic E-state index is 14.5. The van der Waals surface area contributed by atoms with E-state index in [4.69, 9.17) is 9.72 Å². The topological polar surface area (TPSA) is 93.3 Å². The van der Waals surface area contributed by atoms with Crippen molar-refractivity contribution in [1.29, 1.82) is 0 Å². The molecule has 0 aliphatic carbocycles. The van der Waals surface area contributed by atoms with Gasteiger partial charge >= 0.3 is 0 Å². The highest BCUT2D eigenvalue weighted by atomic mass is 19.1. The molecule has 0 atom stereocenters. The second-order valence-electron chi connectivity index (χ2n) is 11.4. The van der Waals surface area contributed by atoms with Crippen molar-refractivity contribution in [3.05, 3.63) is 119 Å². The van der Waals surface area contributed by atoms with E-state index in [1.165, 1.54) is 17.8 Å². The number of aromatic nitrogens is 5. The highest BCUT2D eigenvalue weighted by molar-refractivity contribution is 5.78. The Hall–Kier alpha value is -5.55. The third kappa shape index (κ3) is 5.92. The van der Waals surface area contributed by atoms with Crippen molar-refractivity contribution in [2.75, 3.05) is 43.4 Å². The van der Waals surface area contributed by atoms with Crippen LogP contribution in [0.3, 0.4) is 0 Å². The van der Waals surface area contributed by atoms with Crippen LogP contribution in [0, 0.1) is 5.82 Å². The molecule has 0 unspecified atom stereocenters. The molecule has 0 bridgehead atoms. The predicted octanol–water partition coefficient (Wildman–Crippen LogP) is 5.67. The van der Waals surface area contributed by atoms with Gasteiger partial charge in [0.2, 0.25) is 5.95 Å². The normalized spacial score (nSPS) is 13.7. The van der Waals surface area contributed by atoms with Gasteiger partial charge in [-0.15, -0.1) is 0 Å². The molecule has 10 nitrogen and oxygen atoms in total. The van der Waals surface area contributed by atoms with Gasteiger partial charge in [-0.1, -0.05) is 12.1 Å². The number of ether oxygens (including phenoxy) is 1. The van der Waals surface area contributed by atoms with Gasteiger partial charge in [0.15, 0.2) is 17.3 Å². The van der Waals surface area contributed by atoms with Gasteiger partial charge in [0.1, 0.15) is 5.65 Å². The number of hydrogen-bond donors (Lipinski definition) is 1. The summed E-state index contributed by atoms with van der Waals surface area (Å²) in [6, 6.07) is 21.6. The summed E-state index contributed by atoms with van der Waals surface area (Å²) in [5, 5.41) is 3.86. The molecule has 0 amide bonds. The molecule has 46 heavy (non-hydrogen) atoms. The highest BCUT2D eigenvalue weighted by Crippen LogP contribution is 2.28. The quantitative estimate of drug-likeness (QED) is 0.234. The van der Waals surface area contributed by atoms with Crippen LogP contribution in [-0.2, 0) is 13.6 Å². The average Bonchev–Trinajstić information content (AvgIpc) is 3.45. The number of nitrogens with one attached hydrogen (secondary N) is 1. The largest absolute Gasteiger partial charge is 0.448 e. The second kappa shape index (κ2) is 12.4. The number of rotatable bonds is 8. The summed E-state index contributed by atoms with van der Waals surface area (Å²) in [7, 11) is 4.10. The van der Waals surface area contributed by atoms with E-state index in [1.807, 2.05) is 48.1 Å². The first-order chi connectivity index (χ1) is 22.4. The van der Waals surface area contributed by atoms with Crippen molar-refractivity contribution in [1.82, 2.24) is 29.0 Å². The van der Waals surface area contributed by atoms with Gasteiger partial charge in [0, 0.05) is 80.3 Å². The van der Waals surface area contributed by atoms with E-state index in [0.29, 0.717) is 17.0 Å². The molecule has 0 saturated carbocycles. The van der Waals surface area contributed by atoms with Gasteiger partial charge in [-0.25, -0.2) is 9.37 Å².